The van der Waals surface area contributed by atoms with Crippen molar-refractivity contribution in [2.45, 2.75) is 32.1 Å². The zero-order chi connectivity index (χ0) is 23.3. The Hall–Kier alpha value is -2.98. The lowest BCUT2D eigenvalue weighted by atomic mass is 10.2. The maximum Gasteiger partial charge on any atom is 0.263 e. The van der Waals surface area contributed by atoms with E-state index in [4.69, 9.17) is 4.74 Å². The van der Waals surface area contributed by atoms with Crippen molar-refractivity contribution in [3.63, 3.8) is 0 Å². The Labute approximate surface area is 195 Å². The average molecular weight is 519 g/mol. The first kappa shape index (κ1) is 23.7. The van der Waals surface area contributed by atoms with Gasteiger partial charge in [0.25, 0.3) is 15.9 Å². The minimum atomic E-state index is -3.83. The van der Waals surface area contributed by atoms with E-state index >= 15 is 0 Å². The van der Waals surface area contributed by atoms with Gasteiger partial charge >= 0.3 is 0 Å². The molecule has 0 aliphatic carbocycles. The third-order valence-corrected chi connectivity index (χ3v) is 6.41. The second kappa shape index (κ2) is 10.1. The van der Waals surface area contributed by atoms with Crippen LogP contribution in [-0.2, 0) is 21.2 Å². The number of hydrogen-bond donors (Lipinski definition) is 2. The Bertz CT molecular complexity index is 1210. The molecular weight excluding hydrogens is 496 g/mol. The van der Waals surface area contributed by atoms with Crippen molar-refractivity contribution in [3.8, 4) is 5.75 Å². The lowest BCUT2D eigenvalue weighted by Gasteiger charge is -2.11. The summed E-state index contributed by atoms with van der Waals surface area (Å²) in [7, 11) is -3.83. The number of rotatable bonds is 8. The first-order valence-corrected chi connectivity index (χ1v) is 12.1. The highest BCUT2D eigenvalue weighted by Crippen LogP contribution is 2.26. The van der Waals surface area contributed by atoms with Gasteiger partial charge in [0.15, 0.2) is 6.61 Å². The van der Waals surface area contributed by atoms with E-state index in [1.54, 1.807) is 19.9 Å². The largest absolute Gasteiger partial charge is 0.483 e. The normalized spacial score (nSPS) is 11.1. The summed E-state index contributed by atoms with van der Waals surface area (Å²) < 4.78 is 34.0. The van der Waals surface area contributed by atoms with Crippen molar-refractivity contribution in [1.82, 2.24) is 9.97 Å². The maximum absolute atomic E-state index is 12.6. The number of aromatic nitrogens is 2. The fourth-order valence-electron chi connectivity index (χ4n) is 2.90. The number of nitrogens with one attached hydrogen (secondary N) is 2. The zero-order valence-electron chi connectivity index (χ0n) is 17.8. The number of benzene rings is 2. The number of sulfonamides is 1. The summed E-state index contributed by atoms with van der Waals surface area (Å²) in [5.74, 6) is 0.871. The summed E-state index contributed by atoms with van der Waals surface area (Å²) in [4.78, 5) is 20.5. The fraction of sp³-hybridized carbons (Fsp3) is 0.227. The molecule has 1 amide bonds. The lowest BCUT2D eigenvalue weighted by Crippen LogP contribution is -2.20. The van der Waals surface area contributed by atoms with Gasteiger partial charge in [-0.2, -0.15) is 0 Å². The fourth-order valence-corrected chi connectivity index (χ4v) is 4.44. The summed E-state index contributed by atoms with van der Waals surface area (Å²) >= 11 is 3.44. The highest BCUT2D eigenvalue weighted by atomic mass is 79.9. The van der Waals surface area contributed by atoms with Gasteiger partial charge in [-0.05, 0) is 78.2 Å². The van der Waals surface area contributed by atoms with Crippen molar-refractivity contribution in [3.05, 3.63) is 70.1 Å². The van der Waals surface area contributed by atoms with Crippen LogP contribution >= 0.6 is 15.9 Å². The summed E-state index contributed by atoms with van der Waals surface area (Å²) in [6.45, 7) is 5.32. The van der Waals surface area contributed by atoms with Crippen molar-refractivity contribution < 1.29 is 17.9 Å². The van der Waals surface area contributed by atoms with Crippen LogP contribution < -0.4 is 14.8 Å². The number of carbonyl (C=O) groups excluding carboxylic acids is 1. The van der Waals surface area contributed by atoms with Crippen LogP contribution in [0.4, 0.5) is 11.5 Å². The number of halogens is 1. The molecule has 0 saturated heterocycles. The van der Waals surface area contributed by atoms with Crippen molar-refractivity contribution in [2.24, 2.45) is 0 Å². The van der Waals surface area contributed by atoms with Crippen molar-refractivity contribution >= 4 is 43.4 Å². The van der Waals surface area contributed by atoms with E-state index in [0.717, 1.165) is 16.5 Å². The molecule has 0 radical (unpaired) electrons. The lowest BCUT2D eigenvalue weighted by molar-refractivity contribution is -0.118. The predicted molar refractivity (Wildman–Crippen MR) is 126 cm³/mol. The Morgan fingerprint density at radius 1 is 1.06 bits per heavy atom. The number of aryl methyl sites for hydroxylation is 3. The van der Waals surface area contributed by atoms with Crippen LogP contribution in [0.3, 0.4) is 0 Å². The Balaban J connectivity index is 1.60. The molecule has 1 aromatic heterocycles. The van der Waals surface area contributed by atoms with Gasteiger partial charge < -0.3 is 10.1 Å². The molecule has 168 valence electrons. The van der Waals surface area contributed by atoms with E-state index in [0.29, 0.717) is 23.0 Å². The molecular formula is C22H23BrN4O4S. The Morgan fingerprint density at radius 3 is 2.41 bits per heavy atom. The number of anilines is 2. The van der Waals surface area contributed by atoms with E-state index in [-0.39, 0.29) is 23.2 Å². The summed E-state index contributed by atoms with van der Waals surface area (Å²) in [5.41, 5.74) is 2.26. The number of hydrogen-bond acceptors (Lipinski definition) is 6. The molecule has 3 aromatic rings. The highest BCUT2D eigenvalue weighted by Gasteiger charge is 2.16. The molecule has 0 bridgehead atoms. The summed E-state index contributed by atoms with van der Waals surface area (Å²) in [5, 5.41) is 2.68. The van der Waals surface area contributed by atoms with Crippen LogP contribution in [0.25, 0.3) is 0 Å². The SMILES string of the molecule is CCc1ccc(OCC(=O)Nc2ccc(S(=O)(=O)Nc3cc(C)nc(C)n3)cc2)c(Br)c1. The second-order valence-corrected chi connectivity index (χ2v) is 9.56. The maximum atomic E-state index is 12.6. The first-order valence-electron chi connectivity index (χ1n) is 9.82. The topological polar surface area (TPSA) is 110 Å². The van der Waals surface area contributed by atoms with Gasteiger partial charge in [-0.1, -0.05) is 13.0 Å². The smallest absolute Gasteiger partial charge is 0.263 e. The van der Waals surface area contributed by atoms with E-state index in [2.05, 4.69) is 42.9 Å². The van der Waals surface area contributed by atoms with Gasteiger partial charge in [-0.15, -0.1) is 0 Å². The minimum Gasteiger partial charge on any atom is -0.483 e. The molecule has 0 aliphatic rings. The van der Waals surface area contributed by atoms with Gasteiger partial charge in [-0.3, -0.25) is 9.52 Å². The molecule has 0 saturated carbocycles. The Kier molecular flexibility index (Phi) is 7.47. The van der Waals surface area contributed by atoms with Gasteiger partial charge in [0.05, 0.1) is 9.37 Å². The van der Waals surface area contributed by atoms with E-state index in [1.165, 1.54) is 24.3 Å². The molecule has 10 heteroatoms. The second-order valence-electron chi connectivity index (χ2n) is 7.03. The Morgan fingerprint density at radius 2 is 1.78 bits per heavy atom. The summed E-state index contributed by atoms with van der Waals surface area (Å²) in [6, 6.07) is 13.1. The van der Waals surface area contributed by atoms with Crippen molar-refractivity contribution in [2.75, 3.05) is 16.6 Å². The number of ether oxygens (including phenoxy) is 1. The number of carbonyl (C=O) groups is 1. The minimum absolute atomic E-state index is 0.0422. The average Bonchev–Trinajstić information content (AvgIpc) is 2.72. The van der Waals surface area contributed by atoms with E-state index < -0.39 is 10.0 Å². The van der Waals surface area contributed by atoms with E-state index in [9.17, 15) is 13.2 Å². The predicted octanol–water partition coefficient (Wildman–Crippen LogP) is 4.24. The molecule has 2 N–H and O–H groups in total. The molecule has 0 atom stereocenters. The van der Waals surface area contributed by atoms with Crippen LogP contribution in [0.2, 0.25) is 0 Å². The van der Waals surface area contributed by atoms with Gasteiger partial charge in [0.1, 0.15) is 17.4 Å². The van der Waals surface area contributed by atoms with Crippen molar-refractivity contribution in [1.29, 1.82) is 0 Å². The molecule has 32 heavy (non-hydrogen) atoms. The molecule has 0 unspecified atom stereocenters. The van der Waals surface area contributed by atoms with E-state index in [1.807, 2.05) is 18.2 Å². The standard InChI is InChI=1S/C22H23BrN4O4S/c1-4-16-5-10-20(19(23)12-16)31-13-22(28)26-17-6-8-18(9-7-17)32(29,30)27-21-11-14(2)24-15(3)25-21/h5-12H,4,13H2,1-3H3,(H,26,28)(H,24,25,27). The summed E-state index contributed by atoms with van der Waals surface area (Å²) in [6.07, 6.45) is 0.902. The van der Waals surface area contributed by atoms with Crippen LogP contribution in [0.5, 0.6) is 5.75 Å². The molecule has 0 fully saturated rings. The molecule has 3 rings (SSSR count). The zero-order valence-corrected chi connectivity index (χ0v) is 20.2. The monoisotopic (exact) mass is 518 g/mol. The molecule has 2 aromatic carbocycles. The van der Waals surface area contributed by atoms with Gasteiger partial charge in [0, 0.05) is 17.4 Å². The van der Waals surface area contributed by atoms with Gasteiger partial charge in [-0.25, -0.2) is 18.4 Å². The highest BCUT2D eigenvalue weighted by molar-refractivity contribution is 9.10. The molecule has 1 heterocycles. The molecule has 8 nitrogen and oxygen atoms in total. The third-order valence-electron chi connectivity index (χ3n) is 4.42. The number of amides is 1. The molecule has 0 aliphatic heterocycles. The first-order chi connectivity index (χ1) is 15.2. The number of nitrogens with zero attached hydrogens (tertiary/aromatic N) is 2. The third kappa shape index (κ3) is 6.27. The van der Waals surface area contributed by atoms with Gasteiger partial charge in [0.2, 0.25) is 0 Å². The van der Waals surface area contributed by atoms with Crippen LogP contribution in [-0.4, -0.2) is 30.9 Å². The molecule has 0 spiro atoms. The quantitative estimate of drug-likeness (QED) is 0.461. The van der Waals surface area contributed by atoms with Crippen LogP contribution in [0.1, 0.15) is 24.0 Å². The van der Waals surface area contributed by atoms with Crippen LogP contribution in [0, 0.1) is 13.8 Å². The van der Waals surface area contributed by atoms with Crippen LogP contribution in [0.15, 0.2) is 57.9 Å².